The van der Waals surface area contributed by atoms with Gasteiger partial charge in [-0.2, -0.15) is 0 Å². The minimum absolute atomic E-state index is 0.165. The van der Waals surface area contributed by atoms with Crippen molar-refractivity contribution in [3.8, 4) is 0 Å². The largest absolute Gasteiger partial charge is 0.481 e. The molecule has 1 spiro atoms. The van der Waals surface area contributed by atoms with Gasteiger partial charge in [0.05, 0.1) is 24.2 Å². The Morgan fingerprint density at radius 2 is 1.94 bits per heavy atom. The zero-order valence-electron chi connectivity index (χ0n) is 21.8. The van der Waals surface area contributed by atoms with Crippen molar-refractivity contribution in [2.75, 3.05) is 13.2 Å². The van der Waals surface area contributed by atoms with Crippen LogP contribution in [0.3, 0.4) is 0 Å². The topological polar surface area (TPSA) is 107 Å². The van der Waals surface area contributed by atoms with E-state index in [0.717, 1.165) is 5.56 Å². The summed E-state index contributed by atoms with van der Waals surface area (Å²) in [5, 5.41) is 20.7. The molecule has 4 rings (SSSR count). The normalized spacial score (nSPS) is 33.9. The summed E-state index contributed by atoms with van der Waals surface area (Å²) in [7, 11) is 0. The highest BCUT2D eigenvalue weighted by molar-refractivity contribution is 5.98. The lowest BCUT2D eigenvalue weighted by atomic mass is 9.62. The minimum atomic E-state index is -1.28. The van der Waals surface area contributed by atoms with Gasteiger partial charge in [0.2, 0.25) is 11.8 Å². The number of nitrogens with zero attached hydrogens (tertiary/aromatic N) is 2. The van der Waals surface area contributed by atoms with Crippen molar-refractivity contribution in [1.82, 2.24) is 9.80 Å². The van der Waals surface area contributed by atoms with Gasteiger partial charge in [-0.25, -0.2) is 0 Å². The molecule has 0 saturated carbocycles. The first kappa shape index (κ1) is 26.4. The number of likely N-dealkylation sites (tertiary alicyclic amines) is 1. The van der Waals surface area contributed by atoms with Gasteiger partial charge in [-0.1, -0.05) is 43.3 Å². The molecular weight excluding hydrogens is 460 g/mol. The number of carboxylic acid groups (broad SMARTS) is 1. The number of rotatable bonds is 8. The van der Waals surface area contributed by atoms with Crippen LogP contribution in [-0.2, 0) is 25.5 Å². The van der Waals surface area contributed by atoms with Crippen molar-refractivity contribution >= 4 is 17.8 Å². The van der Waals surface area contributed by atoms with Crippen LogP contribution in [0.1, 0.15) is 46.6 Å². The van der Waals surface area contributed by atoms with Crippen LogP contribution >= 0.6 is 0 Å². The number of benzene rings is 1. The number of carbonyl (C=O) groups is 3. The van der Waals surface area contributed by atoms with E-state index in [-0.39, 0.29) is 25.0 Å². The van der Waals surface area contributed by atoms with Gasteiger partial charge in [-0.15, -0.1) is 6.58 Å². The molecule has 2 bridgehead atoms. The number of aliphatic hydroxyl groups is 1. The Labute approximate surface area is 212 Å². The van der Waals surface area contributed by atoms with Gasteiger partial charge in [0, 0.05) is 12.1 Å². The molecule has 1 aromatic rings. The van der Waals surface area contributed by atoms with Gasteiger partial charge in [0.25, 0.3) is 0 Å². The van der Waals surface area contributed by atoms with Crippen LogP contribution in [0.4, 0.5) is 0 Å². The average molecular weight is 499 g/mol. The van der Waals surface area contributed by atoms with Gasteiger partial charge in [-0.05, 0) is 52.0 Å². The highest BCUT2D eigenvalue weighted by Gasteiger charge is 2.80. The molecule has 3 aliphatic rings. The molecule has 7 atom stereocenters. The fraction of sp³-hybridized carbons (Fsp3) is 0.607. The van der Waals surface area contributed by atoms with Crippen LogP contribution in [0.5, 0.6) is 0 Å². The molecule has 3 fully saturated rings. The number of carbonyl (C=O) groups excluding carboxylic acids is 2. The van der Waals surface area contributed by atoms with Crippen LogP contribution < -0.4 is 0 Å². The molecule has 196 valence electrons. The summed E-state index contributed by atoms with van der Waals surface area (Å²) >= 11 is 0. The first-order valence-electron chi connectivity index (χ1n) is 12.7. The molecule has 2 amide bonds. The Morgan fingerprint density at radius 1 is 1.31 bits per heavy atom. The standard InChI is InChI=1S/C28H38N2O6/c1-7-13-29(26(3,4)5)24(33)22-28-15-17(2)27(6,36-28)21(25(34)35)20(28)23(32)30(22)19(16-31)14-18-11-9-8-10-12-18/h7-12,17,19-22,31H,1,13-16H2,2-6H3,(H,34,35)/t17?,19-,20+,21+,22?,27-,28?/m1/s1. The minimum Gasteiger partial charge on any atom is -0.481 e. The van der Waals surface area contributed by atoms with E-state index in [1.54, 1.807) is 17.9 Å². The monoisotopic (exact) mass is 498 g/mol. The fourth-order valence-electron chi connectivity index (χ4n) is 6.83. The van der Waals surface area contributed by atoms with E-state index >= 15 is 0 Å². The summed E-state index contributed by atoms with van der Waals surface area (Å²) in [5.74, 6) is -4.08. The Morgan fingerprint density at radius 3 is 2.47 bits per heavy atom. The molecular formula is C28H38N2O6. The Bertz CT molecular complexity index is 1050. The number of hydrogen-bond acceptors (Lipinski definition) is 5. The molecule has 36 heavy (non-hydrogen) atoms. The second-order valence-electron chi connectivity index (χ2n) is 11.7. The molecule has 3 aliphatic heterocycles. The van der Waals surface area contributed by atoms with Crippen LogP contribution in [-0.4, -0.2) is 79.8 Å². The van der Waals surface area contributed by atoms with E-state index in [4.69, 9.17) is 4.74 Å². The number of hydrogen-bond donors (Lipinski definition) is 2. The highest BCUT2D eigenvalue weighted by atomic mass is 16.5. The maximum atomic E-state index is 14.4. The van der Waals surface area contributed by atoms with Crippen LogP contribution in [0.25, 0.3) is 0 Å². The molecule has 3 heterocycles. The van der Waals surface area contributed by atoms with Crippen LogP contribution in [0.15, 0.2) is 43.0 Å². The maximum Gasteiger partial charge on any atom is 0.310 e. The Kier molecular flexibility index (Phi) is 6.58. The van der Waals surface area contributed by atoms with E-state index in [2.05, 4.69) is 6.58 Å². The number of amides is 2. The predicted octanol–water partition coefficient (Wildman–Crippen LogP) is 2.50. The lowest BCUT2D eigenvalue weighted by Crippen LogP contribution is -2.62. The van der Waals surface area contributed by atoms with Gasteiger partial charge >= 0.3 is 5.97 Å². The molecule has 1 aromatic carbocycles. The average Bonchev–Trinajstić information content (AvgIpc) is 3.32. The fourth-order valence-corrected chi connectivity index (χ4v) is 6.83. The number of aliphatic carboxylic acids is 1. The summed E-state index contributed by atoms with van der Waals surface area (Å²) < 4.78 is 6.58. The third-order valence-electron chi connectivity index (χ3n) is 8.56. The smallest absolute Gasteiger partial charge is 0.310 e. The SMILES string of the molecule is C=CCN(C(=O)C1N([C@@H](CO)Cc2ccccc2)C(=O)[C@@H]2[C@@H](C(=O)O)[C@]3(C)OC12CC3C)C(C)(C)C. The molecule has 0 aromatic heterocycles. The quantitative estimate of drug-likeness (QED) is 0.534. The zero-order chi connectivity index (χ0) is 26.6. The molecule has 0 aliphatic carbocycles. The van der Waals surface area contributed by atoms with E-state index in [0.29, 0.717) is 12.8 Å². The molecule has 8 nitrogen and oxygen atoms in total. The van der Waals surface area contributed by atoms with Gasteiger partial charge in [0.15, 0.2) is 0 Å². The van der Waals surface area contributed by atoms with Crippen LogP contribution in [0, 0.1) is 17.8 Å². The predicted molar refractivity (Wildman–Crippen MR) is 134 cm³/mol. The summed E-state index contributed by atoms with van der Waals surface area (Å²) in [4.78, 5) is 44.2. The number of carboxylic acids is 1. The van der Waals surface area contributed by atoms with Gasteiger partial charge in [-0.3, -0.25) is 14.4 Å². The third-order valence-corrected chi connectivity index (χ3v) is 8.56. The number of aliphatic hydroxyl groups excluding tert-OH is 1. The molecule has 3 saturated heterocycles. The van der Waals surface area contributed by atoms with Gasteiger partial charge in [0.1, 0.15) is 17.6 Å². The van der Waals surface area contributed by atoms with E-state index < -0.39 is 52.5 Å². The van der Waals surface area contributed by atoms with E-state index in [1.807, 2.05) is 58.0 Å². The van der Waals surface area contributed by atoms with Gasteiger partial charge < -0.3 is 24.7 Å². The third kappa shape index (κ3) is 3.77. The number of fused-ring (bicyclic) bond motifs is 1. The zero-order valence-corrected chi connectivity index (χ0v) is 21.8. The van der Waals surface area contributed by atoms with Crippen molar-refractivity contribution in [3.63, 3.8) is 0 Å². The van der Waals surface area contributed by atoms with Crippen molar-refractivity contribution < 1.29 is 29.3 Å². The first-order valence-corrected chi connectivity index (χ1v) is 12.7. The Balaban J connectivity index is 1.87. The maximum absolute atomic E-state index is 14.4. The van der Waals surface area contributed by atoms with Crippen molar-refractivity contribution in [1.29, 1.82) is 0 Å². The summed E-state index contributed by atoms with van der Waals surface area (Å²) in [6.45, 7) is 13.1. The van der Waals surface area contributed by atoms with E-state index in [1.165, 1.54) is 4.90 Å². The summed E-state index contributed by atoms with van der Waals surface area (Å²) in [6.07, 6.45) is 2.37. The highest BCUT2D eigenvalue weighted by Crippen LogP contribution is 2.65. The van der Waals surface area contributed by atoms with Crippen molar-refractivity contribution in [3.05, 3.63) is 48.6 Å². The Hall–Kier alpha value is -2.71. The molecule has 8 heteroatoms. The van der Waals surface area contributed by atoms with Crippen LogP contribution in [0.2, 0.25) is 0 Å². The number of ether oxygens (including phenoxy) is 1. The lowest BCUT2D eigenvalue weighted by Gasteiger charge is -2.43. The van der Waals surface area contributed by atoms with E-state index in [9.17, 15) is 24.6 Å². The second-order valence-corrected chi connectivity index (χ2v) is 11.7. The molecule has 3 unspecified atom stereocenters. The summed E-state index contributed by atoms with van der Waals surface area (Å²) in [5.41, 5.74) is -2.01. The lowest BCUT2D eigenvalue weighted by molar-refractivity contribution is -0.161. The van der Waals surface area contributed by atoms with Crippen molar-refractivity contribution in [2.45, 2.75) is 76.3 Å². The molecule has 2 N–H and O–H groups in total. The second kappa shape index (κ2) is 8.99. The van der Waals surface area contributed by atoms with Crippen molar-refractivity contribution in [2.24, 2.45) is 17.8 Å². The first-order chi connectivity index (χ1) is 16.8. The molecule has 0 radical (unpaired) electrons. The summed E-state index contributed by atoms with van der Waals surface area (Å²) in [6, 6.07) is 7.70.